The van der Waals surface area contributed by atoms with E-state index < -0.39 is 5.97 Å². The lowest BCUT2D eigenvalue weighted by atomic mass is 9.81. The fourth-order valence-electron chi connectivity index (χ4n) is 5.17. The number of carboxylic acid groups (broad SMARTS) is 1. The molecule has 0 unspecified atom stereocenters. The van der Waals surface area contributed by atoms with Crippen molar-refractivity contribution >= 4 is 40.7 Å². The number of rotatable bonds is 6. The van der Waals surface area contributed by atoms with Crippen molar-refractivity contribution in [1.29, 1.82) is 0 Å². The third-order valence-electron chi connectivity index (χ3n) is 7.28. The molecule has 1 N–H and O–H groups in total. The number of thiophene rings is 1. The molecule has 0 radical (unpaired) electrons. The summed E-state index contributed by atoms with van der Waals surface area (Å²) in [6.45, 7) is 8.34. The Morgan fingerprint density at radius 3 is 2.38 bits per heavy atom. The van der Waals surface area contributed by atoms with Gasteiger partial charge in [-0.1, -0.05) is 30.5 Å². The molecule has 2 aliphatic rings. The highest BCUT2D eigenvalue weighted by Crippen LogP contribution is 2.41. The molecule has 0 aromatic carbocycles. The van der Waals surface area contributed by atoms with Gasteiger partial charge in [-0.25, -0.2) is 4.79 Å². The van der Waals surface area contributed by atoms with Crippen LogP contribution in [-0.2, 0) is 11.8 Å². The van der Waals surface area contributed by atoms with Crippen LogP contribution in [0, 0.1) is 29.1 Å². The first-order valence-corrected chi connectivity index (χ1v) is 15.0. The zero-order valence-corrected chi connectivity index (χ0v) is 24.1. The van der Waals surface area contributed by atoms with Gasteiger partial charge in [0.05, 0.1) is 10.6 Å². The van der Waals surface area contributed by atoms with Crippen molar-refractivity contribution in [1.82, 2.24) is 14.8 Å². The minimum Gasteiger partial charge on any atom is -0.477 e. The second-order valence-corrected chi connectivity index (χ2v) is 13.9. The fourth-order valence-corrected chi connectivity index (χ4v) is 7.13. The molecule has 0 saturated heterocycles. The Bertz CT molecular complexity index is 1170. The number of carboxylic acids is 1. The summed E-state index contributed by atoms with van der Waals surface area (Å²) in [5.74, 6) is 6.07. The van der Waals surface area contributed by atoms with E-state index in [4.69, 9.17) is 0 Å². The summed E-state index contributed by atoms with van der Waals surface area (Å²) in [5.41, 5.74) is 0.337. The van der Waals surface area contributed by atoms with Crippen LogP contribution in [0.1, 0.15) is 93.6 Å². The average molecular weight is 543 g/mol. The Balaban J connectivity index is 1.62. The standard InChI is InChI=1S/C28H38N4O3S2/c1-18-6-8-19(9-7-18)25(33)32(20-10-12-21(13-11-20)37-27-30-29-17-31(27)5)23-16-22(14-15-28(2,3)4)36-24(23)26(34)35/h16-21H,6-13H2,1-5H3,(H,34,35). The Morgan fingerprint density at radius 2 is 1.81 bits per heavy atom. The van der Waals surface area contributed by atoms with Gasteiger partial charge in [-0.3, -0.25) is 4.79 Å². The van der Waals surface area contributed by atoms with Crippen LogP contribution >= 0.6 is 23.1 Å². The summed E-state index contributed by atoms with van der Waals surface area (Å²) >= 11 is 2.92. The van der Waals surface area contributed by atoms with E-state index in [2.05, 4.69) is 29.0 Å². The molecule has 1 amide bonds. The number of aromatic nitrogens is 3. The highest BCUT2D eigenvalue weighted by atomic mass is 32.2. The molecule has 7 nitrogen and oxygen atoms in total. The van der Waals surface area contributed by atoms with Crippen molar-refractivity contribution in [3.05, 3.63) is 22.1 Å². The third kappa shape index (κ3) is 6.97. The van der Waals surface area contributed by atoms with Crippen molar-refractivity contribution in [3.63, 3.8) is 0 Å². The van der Waals surface area contributed by atoms with Crippen molar-refractivity contribution in [2.45, 2.75) is 95.5 Å². The molecule has 9 heteroatoms. The first-order valence-electron chi connectivity index (χ1n) is 13.3. The lowest BCUT2D eigenvalue weighted by Crippen LogP contribution is -2.46. The predicted molar refractivity (Wildman–Crippen MR) is 149 cm³/mol. The number of amides is 1. The van der Waals surface area contributed by atoms with E-state index in [0.29, 0.717) is 21.7 Å². The van der Waals surface area contributed by atoms with Gasteiger partial charge in [0.15, 0.2) is 5.16 Å². The zero-order chi connectivity index (χ0) is 26.7. The number of thioether (sulfide) groups is 1. The first-order chi connectivity index (χ1) is 17.5. The van der Waals surface area contributed by atoms with E-state index in [0.717, 1.165) is 56.5 Å². The zero-order valence-electron chi connectivity index (χ0n) is 22.5. The minimum absolute atomic E-state index is 0.0145. The average Bonchev–Trinajstić information content (AvgIpc) is 3.45. The van der Waals surface area contributed by atoms with Gasteiger partial charge in [-0.15, -0.1) is 21.5 Å². The SMILES string of the molecule is CC1CCC(C(=O)N(c2cc(C#CC(C)(C)C)sc2C(=O)O)C2CCC(Sc3nncn3C)CC2)CC1. The summed E-state index contributed by atoms with van der Waals surface area (Å²) in [5, 5.41) is 19.6. The highest BCUT2D eigenvalue weighted by Gasteiger charge is 2.37. The maximum absolute atomic E-state index is 14.1. The summed E-state index contributed by atoms with van der Waals surface area (Å²) in [6.07, 6.45) is 9.10. The lowest BCUT2D eigenvalue weighted by Gasteiger charge is -2.39. The second-order valence-electron chi connectivity index (χ2n) is 11.6. The van der Waals surface area contributed by atoms with Gasteiger partial charge in [-0.05, 0) is 84.1 Å². The smallest absolute Gasteiger partial charge is 0.348 e. The van der Waals surface area contributed by atoms with Crippen LogP contribution in [-0.4, -0.2) is 43.0 Å². The molecule has 4 rings (SSSR count). The first kappa shape index (κ1) is 27.7. The quantitative estimate of drug-likeness (QED) is 0.435. The summed E-state index contributed by atoms with van der Waals surface area (Å²) in [7, 11) is 1.95. The van der Waals surface area contributed by atoms with Gasteiger partial charge in [-0.2, -0.15) is 0 Å². The van der Waals surface area contributed by atoms with E-state index in [-0.39, 0.29) is 28.2 Å². The van der Waals surface area contributed by atoms with Crippen LogP contribution in [0.25, 0.3) is 0 Å². The second kappa shape index (κ2) is 11.6. The van der Waals surface area contributed by atoms with Crippen molar-refractivity contribution in [2.24, 2.45) is 24.3 Å². The molecule has 0 bridgehead atoms. The monoisotopic (exact) mass is 542 g/mol. The number of aromatic carboxylic acids is 1. The Morgan fingerprint density at radius 1 is 1.14 bits per heavy atom. The van der Waals surface area contributed by atoms with Crippen LogP contribution in [0.5, 0.6) is 0 Å². The molecule has 2 aromatic rings. The molecule has 0 aliphatic heterocycles. The normalized spacial score (nSPS) is 24.2. The number of nitrogens with zero attached hydrogens (tertiary/aromatic N) is 4. The van der Waals surface area contributed by atoms with Gasteiger partial charge in [0.25, 0.3) is 0 Å². The number of carbonyl (C=O) groups excluding carboxylic acids is 1. The van der Waals surface area contributed by atoms with Crippen LogP contribution < -0.4 is 4.90 Å². The van der Waals surface area contributed by atoms with Crippen LogP contribution in [0.15, 0.2) is 17.6 Å². The molecule has 0 atom stereocenters. The maximum Gasteiger partial charge on any atom is 0.348 e. The largest absolute Gasteiger partial charge is 0.477 e. The van der Waals surface area contributed by atoms with E-state index in [1.165, 1.54) is 11.3 Å². The van der Waals surface area contributed by atoms with Gasteiger partial charge in [0.1, 0.15) is 11.2 Å². The van der Waals surface area contributed by atoms with Crippen LogP contribution in [0.2, 0.25) is 0 Å². The third-order valence-corrected chi connectivity index (χ3v) is 9.69. The molecule has 200 valence electrons. The number of anilines is 1. The molecule has 0 spiro atoms. The molecule has 37 heavy (non-hydrogen) atoms. The van der Waals surface area contributed by atoms with Crippen molar-refractivity contribution < 1.29 is 14.7 Å². The molecular formula is C28H38N4O3S2. The molecule has 2 aromatic heterocycles. The number of hydrogen-bond donors (Lipinski definition) is 1. The number of carbonyl (C=O) groups is 2. The fraction of sp³-hybridized carbons (Fsp3) is 0.643. The van der Waals surface area contributed by atoms with Gasteiger partial charge in [0, 0.05) is 29.7 Å². The van der Waals surface area contributed by atoms with E-state index in [1.54, 1.807) is 18.1 Å². The van der Waals surface area contributed by atoms with Gasteiger partial charge in [0.2, 0.25) is 5.91 Å². The van der Waals surface area contributed by atoms with Gasteiger partial charge < -0.3 is 14.6 Å². The van der Waals surface area contributed by atoms with E-state index in [9.17, 15) is 14.7 Å². The van der Waals surface area contributed by atoms with E-state index in [1.807, 2.05) is 43.4 Å². The van der Waals surface area contributed by atoms with Crippen molar-refractivity contribution in [2.75, 3.05) is 4.90 Å². The predicted octanol–water partition coefficient (Wildman–Crippen LogP) is 6.24. The van der Waals surface area contributed by atoms with Crippen molar-refractivity contribution in [3.8, 4) is 11.8 Å². The Hall–Kier alpha value is -2.31. The summed E-state index contributed by atoms with van der Waals surface area (Å²) < 4.78 is 1.93. The number of hydrogen-bond acceptors (Lipinski definition) is 6. The Labute approximate surface area is 228 Å². The Kier molecular flexibility index (Phi) is 8.70. The van der Waals surface area contributed by atoms with E-state index >= 15 is 0 Å². The number of aryl methyl sites for hydroxylation is 1. The molecule has 2 heterocycles. The molecule has 2 saturated carbocycles. The van der Waals surface area contributed by atoms with Crippen LogP contribution in [0.4, 0.5) is 5.69 Å². The highest BCUT2D eigenvalue weighted by molar-refractivity contribution is 7.99. The summed E-state index contributed by atoms with van der Waals surface area (Å²) in [6, 6.07) is 1.83. The maximum atomic E-state index is 14.1. The minimum atomic E-state index is -0.995. The molecule has 2 aliphatic carbocycles. The molecule has 2 fully saturated rings. The molecular weight excluding hydrogens is 504 g/mol. The van der Waals surface area contributed by atoms with Gasteiger partial charge >= 0.3 is 5.97 Å². The lowest BCUT2D eigenvalue weighted by molar-refractivity contribution is -0.124. The topological polar surface area (TPSA) is 88.3 Å². The summed E-state index contributed by atoms with van der Waals surface area (Å²) in [4.78, 5) is 29.2. The van der Waals surface area contributed by atoms with Crippen LogP contribution in [0.3, 0.4) is 0 Å².